The van der Waals surface area contributed by atoms with Crippen LogP contribution in [0.25, 0.3) is 0 Å². The first-order valence-corrected chi connectivity index (χ1v) is 7.22. The van der Waals surface area contributed by atoms with Crippen LogP contribution in [0, 0.1) is 5.82 Å². The first-order valence-electron chi connectivity index (χ1n) is 7.22. The van der Waals surface area contributed by atoms with Crippen LogP contribution >= 0.6 is 0 Å². The molecule has 1 saturated heterocycles. The molecule has 0 aromatic heterocycles. The number of benzene rings is 1. The third-order valence-corrected chi connectivity index (χ3v) is 4.06. The summed E-state index contributed by atoms with van der Waals surface area (Å²) < 4.78 is 14.0. The number of hydrogen-bond acceptors (Lipinski definition) is 4. The van der Waals surface area contributed by atoms with Crippen molar-refractivity contribution in [3.63, 3.8) is 0 Å². The summed E-state index contributed by atoms with van der Waals surface area (Å²) in [4.78, 5) is 15.6. The number of halogens is 1. The Labute approximate surface area is 124 Å². The molecule has 0 radical (unpaired) electrons. The van der Waals surface area contributed by atoms with Gasteiger partial charge in [0.1, 0.15) is 5.82 Å². The molecular formula is C15H23FN4O. The second-order valence-electron chi connectivity index (χ2n) is 5.56. The van der Waals surface area contributed by atoms with Crippen molar-refractivity contribution in [3.05, 3.63) is 24.0 Å². The lowest BCUT2D eigenvalue weighted by atomic mass is 10.0. The SMILES string of the molecule is CN1CCC(N(C)c2ccc(NC(=O)CN)c(F)c2)CC1. The molecule has 6 heteroatoms. The Morgan fingerprint density at radius 2 is 2.14 bits per heavy atom. The first kappa shape index (κ1) is 15.7. The van der Waals surface area contributed by atoms with Gasteiger partial charge in [0, 0.05) is 18.8 Å². The van der Waals surface area contributed by atoms with Crippen molar-refractivity contribution in [2.45, 2.75) is 18.9 Å². The monoisotopic (exact) mass is 294 g/mol. The summed E-state index contributed by atoms with van der Waals surface area (Å²) in [6, 6.07) is 5.30. The average Bonchev–Trinajstić information content (AvgIpc) is 2.49. The van der Waals surface area contributed by atoms with Crippen LogP contribution in [-0.4, -0.2) is 50.6 Å². The van der Waals surface area contributed by atoms with E-state index in [1.54, 1.807) is 6.07 Å². The van der Waals surface area contributed by atoms with Crippen LogP contribution < -0.4 is 16.0 Å². The lowest BCUT2D eigenvalue weighted by Crippen LogP contribution is -2.42. The molecule has 0 bridgehead atoms. The van der Waals surface area contributed by atoms with E-state index in [2.05, 4.69) is 22.2 Å². The van der Waals surface area contributed by atoms with E-state index in [0.29, 0.717) is 6.04 Å². The van der Waals surface area contributed by atoms with Gasteiger partial charge in [0.2, 0.25) is 5.91 Å². The van der Waals surface area contributed by atoms with Crippen LogP contribution in [0.3, 0.4) is 0 Å². The number of nitrogens with two attached hydrogens (primary N) is 1. The van der Waals surface area contributed by atoms with Crippen LogP contribution in [0.2, 0.25) is 0 Å². The maximum absolute atomic E-state index is 14.0. The molecule has 5 nitrogen and oxygen atoms in total. The van der Waals surface area contributed by atoms with Crippen LogP contribution in [0.4, 0.5) is 15.8 Å². The maximum atomic E-state index is 14.0. The Kier molecular flexibility index (Phi) is 5.14. The van der Waals surface area contributed by atoms with E-state index in [9.17, 15) is 9.18 Å². The molecule has 1 aliphatic heterocycles. The minimum atomic E-state index is -0.436. The summed E-state index contributed by atoms with van der Waals surface area (Å²) in [5.74, 6) is -0.834. The third-order valence-electron chi connectivity index (χ3n) is 4.06. The van der Waals surface area contributed by atoms with Gasteiger partial charge < -0.3 is 20.9 Å². The largest absolute Gasteiger partial charge is 0.371 e. The fraction of sp³-hybridized carbons (Fsp3) is 0.533. The minimum Gasteiger partial charge on any atom is -0.371 e. The number of anilines is 2. The van der Waals surface area contributed by atoms with Crippen LogP contribution in [-0.2, 0) is 4.79 Å². The van der Waals surface area contributed by atoms with Crippen LogP contribution in [0.15, 0.2) is 18.2 Å². The van der Waals surface area contributed by atoms with Crippen molar-refractivity contribution in [3.8, 4) is 0 Å². The van der Waals surface area contributed by atoms with Gasteiger partial charge in [-0.15, -0.1) is 0 Å². The summed E-state index contributed by atoms with van der Waals surface area (Å²) >= 11 is 0. The normalized spacial score (nSPS) is 16.8. The molecule has 1 aliphatic rings. The number of nitrogens with zero attached hydrogens (tertiary/aromatic N) is 2. The lowest BCUT2D eigenvalue weighted by molar-refractivity contribution is -0.114. The quantitative estimate of drug-likeness (QED) is 0.877. The Hall–Kier alpha value is -1.66. The topological polar surface area (TPSA) is 61.6 Å². The molecule has 1 amide bonds. The molecule has 21 heavy (non-hydrogen) atoms. The number of amides is 1. The number of rotatable bonds is 4. The molecule has 1 fully saturated rings. The van der Waals surface area contributed by atoms with Crippen molar-refractivity contribution >= 4 is 17.3 Å². The standard InChI is InChI=1S/C15H23FN4O/c1-19-7-5-11(6-8-19)20(2)12-3-4-14(13(16)9-12)18-15(21)10-17/h3-4,9,11H,5-8,10,17H2,1-2H3,(H,18,21). The molecular weight excluding hydrogens is 271 g/mol. The summed E-state index contributed by atoms with van der Waals surface area (Å²) in [6.07, 6.45) is 2.14. The number of nitrogens with one attached hydrogen (secondary N) is 1. The minimum absolute atomic E-state index is 0.156. The number of hydrogen-bond donors (Lipinski definition) is 2. The van der Waals surface area contributed by atoms with Crippen molar-refractivity contribution in [1.82, 2.24) is 4.90 Å². The van der Waals surface area contributed by atoms with Gasteiger partial charge in [0.15, 0.2) is 0 Å². The molecule has 0 atom stereocenters. The van der Waals surface area contributed by atoms with Crippen LogP contribution in [0.1, 0.15) is 12.8 Å². The van der Waals surface area contributed by atoms with Gasteiger partial charge in [-0.05, 0) is 51.2 Å². The Bertz CT molecular complexity index is 500. The molecule has 0 aliphatic carbocycles. The summed E-state index contributed by atoms with van der Waals surface area (Å²) in [6.45, 7) is 1.96. The molecule has 116 valence electrons. The molecule has 0 spiro atoms. The van der Waals surface area contributed by atoms with E-state index in [4.69, 9.17) is 5.73 Å². The molecule has 0 saturated carbocycles. The Morgan fingerprint density at radius 1 is 1.48 bits per heavy atom. The maximum Gasteiger partial charge on any atom is 0.238 e. The smallest absolute Gasteiger partial charge is 0.238 e. The van der Waals surface area contributed by atoms with Gasteiger partial charge in [-0.3, -0.25) is 4.79 Å². The highest BCUT2D eigenvalue weighted by atomic mass is 19.1. The summed E-state index contributed by atoms with van der Waals surface area (Å²) in [5.41, 5.74) is 6.21. The lowest BCUT2D eigenvalue weighted by Gasteiger charge is -2.36. The number of carbonyl (C=O) groups excluding carboxylic acids is 1. The fourth-order valence-corrected chi connectivity index (χ4v) is 2.62. The zero-order chi connectivity index (χ0) is 15.4. The predicted molar refractivity (Wildman–Crippen MR) is 83.0 cm³/mol. The molecule has 0 unspecified atom stereocenters. The molecule has 2 rings (SSSR count). The summed E-state index contributed by atoms with van der Waals surface area (Å²) in [5, 5.41) is 2.45. The van der Waals surface area contributed by atoms with E-state index in [-0.39, 0.29) is 12.2 Å². The zero-order valence-corrected chi connectivity index (χ0v) is 12.6. The Balaban J connectivity index is 2.06. The second-order valence-corrected chi connectivity index (χ2v) is 5.56. The van der Waals surface area contributed by atoms with Gasteiger partial charge in [-0.1, -0.05) is 0 Å². The van der Waals surface area contributed by atoms with Crippen molar-refractivity contribution in [1.29, 1.82) is 0 Å². The highest BCUT2D eigenvalue weighted by molar-refractivity contribution is 5.92. The van der Waals surface area contributed by atoms with Crippen molar-refractivity contribution in [2.75, 3.05) is 43.9 Å². The highest BCUT2D eigenvalue weighted by Crippen LogP contribution is 2.25. The molecule has 1 aromatic rings. The van der Waals surface area contributed by atoms with Gasteiger partial charge in [-0.25, -0.2) is 4.39 Å². The highest BCUT2D eigenvalue weighted by Gasteiger charge is 2.21. The van der Waals surface area contributed by atoms with Gasteiger partial charge in [0.05, 0.1) is 12.2 Å². The number of likely N-dealkylation sites (tertiary alicyclic amines) is 1. The number of piperidine rings is 1. The molecule has 3 N–H and O–H groups in total. The number of carbonyl (C=O) groups is 1. The fourth-order valence-electron chi connectivity index (χ4n) is 2.62. The van der Waals surface area contributed by atoms with E-state index in [1.807, 2.05) is 13.1 Å². The molecule has 1 aromatic carbocycles. The zero-order valence-electron chi connectivity index (χ0n) is 12.6. The summed E-state index contributed by atoms with van der Waals surface area (Å²) in [7, 11) is 4.10. The second kappa shape index (κ2) is 6.87. The van der Waals surface area contributed by atoms with Gasteiger partial charge in [-0.2, -0.15) is 0 Å². The van der Waals surface area contributed by atoms with Gasteiger partial charge >= 0.3 is 0 Å². The van der Waals surface area contributed by atoms with E-state index >= 15 is 0 Å². The van der Waals surface area contributed by atoms with Crippen LogP contribution in [0.5, 0.6) is 0 Å². The predicted octanol–water partition coefficient (Wildman–Crippen LogP) is 1.25. The Morgan fingerprint density at radius 3 is 2.71 bits per heavy atom. The first-order chi connectivity index (χ1) is 10.0. The van der Waals surface area contributed by atoms with E-state index in [0.717, 1.165) is 31.6 Å². The van der Waals surface area contributed by atoms with Gasteiger partial charge in [0.25, 0.3) is 0 Å². The van der Waals surface area contributed by atoms with E-state index < -0.39 is 11.7 Å². The van der Waals surface area contributed by atoms with Crippen molar-refractivity contribution < 1.29 is 9.18 Å². The third kappa shape index (κ3) is 3.92. The molecule has 1 heterocycles. The van der Waals surface area contributed by atoms with Crippen molar-refractivity contribution in [2.24, 2.45) is 5.73 Å². The van der Waals surface area contributed by atoms with E-state index in [1.165, 1.54) is 6.07 Å². The average molecular weight is 294 g/mol.